The summed E-state index contributed by atoms with van der Waals surface area (Å²) in [6.07, 6.45) is 0. The van der Waals surface area contributed by atoms with Crippen LogP contribution >= 0.6 is 0 Å². The Morgan fingerprint density at radius 3 is 2.29 bits per heavy atom. The number of piperazine rings is 1. The van der Waals surface area contributed by atoms with E-state index in [2.05, 4.69) is 17.0 Å². The van der Waals surface area contributed by atoms with Crippen molar-refractivity contribution in [2.75, 3.05) is 27.2 Å². The largest absolute Gasteiger partial charge is 0.343 e. The molecule has 1 saturated heterocycles. The molecular weight excluding hydrogens is 212 g/mol. The summed E-state index contributed by atoms with van der Waals surface area (Å²) in [5.74, 6) is 0.199. The molecule has 0 aromatic heterocycles. The molecule has 1 aromatic rings. The summed E-state index contributed by atoms with van der Waals surface area (Å²) in [6, 6.07) is 10.7. The van der Waals surface area contributed by atoms with Crippen LogP contribution in [0.5, 0.6) is 0 Å². The van der Waals surface area contributed by atoms with Gasteiger partial charge in [0.05, 0.1) is 12.6 Å². The first-order valence-corrected chi connectivity index (χ1v) is 6.17. The highest BCUT2D eigenvalue weighted by atomic mass is 16.2. The lowest BCUT2D eigenvalue weighted by molar-refractivity contribution is -0.136. The Hall–Kier alpha value is -1.35. The Kier molecular flexibility index (Phi) is 5.16. The van der Waals surface area contributed by atoms with Crippen molar-refractivity contribution in [3.8, 4) is 0 Å². The van der Waals surface area contributed by atoms with Crippen molar-refractivity contribution in [3.05, 3.63) is 35.9 Å². The predicted octanol–water partition coefficient (Wildman–Crippen LogP) is 2.16. The van der Waals surface area contributed by atoms with Gasteiger partial charge in [-0.15, -0.1) is 0 Å². The molecule has 0 radical (unpaired) electrons. The molecule has 94 valence electrons. The van der Waals surface area contributed by atoms with Gasteiger partial charge in [0, 0.05) is 13.6 Å². The number of carbonyl (C=O) groups excluding carboxylic acids is 1. The molecule has 1 atom stereocenters. The molecule has 0 bridgehead atoms. The third kappa shape index (κ3) is 3.30. The van der Waals surface area contributed by atoms with Crippen LogP contribution in [0.4, 0.5) is 0 Å². The summed E-state index contributed by atoms with van der Waals surface area (Å²) in [5, 5.41) is 0. The summed E-state index contributed by atoms with van der Waals surface area (Å²) >= 11 is 0. The molecule has 1 amide bonds. The van der Waals surface area contributed by atoms with Crippen LogP contribution in [-0.2, 0) is 4.79 Å². The van der Waals surface area contributed by atoms with E-state index in [1.807, 2.05) is 46.1 Å². The van der Waals surface area contributed by atoms with Crippen molar-refractivity contribution < 1.29 is 4.79 Å². The van der Waals surface area contributed by atoms with Crippen LogP contribution in [0.15, 0.2) is 30.3 Å². The minimum Gasteiger partial charge on any atom is -0.343 e. The molecule has 17 heavy (non-hydrogen) atoms. The fraction of sp³-hybridized carbons (Fsp3) is 0.500. The Balaban J connectivity index is 0.000000686. The Labute approximate surface area is 104 Å². The summed E-state index contributed by atoms with van der Waals surface area (Å²) in [6.45, 7) is 5.29. The maximum Gasteiger partial charge on any atom is 0.236 e. The molecular formula is C14H22N2O. The van der Waals surface area contributed by atoms with E-state index in [1.165, 1.54) is 5.56 Å². The fourth-order valence-electron chi connectivity index (χ4n) is 1.98. The number of rotatable bonds is 1. The summed E-state index contributed by atoms with van der Waals surface area (Å²) in [7, 11) is 3.87. The van der Waals surface area contributed by atoms with Gasteiger partial charge in [-0.05, 0) is 12.6 Å². The number of hydrogen-bond donors (Lipinski definition) is 0. The van der Waals surface area contributed by atoms with Gasteiger partial charge in [0.25, 0.3) is 0 Å². The molecule has 1 aliphatic rings. The summed E-state index contributed by atoms with van der Waals surface area (Å²) in [5.41, 5.74) is 1.28. The number of benzene rings is 1. The van der Waals surface area contributed by atoms with Crippen LogP contribution in [0.1, 0.15) is 25.5 Å². The van der Waals surface area contributed by atoms with E-state index in [0.29, 0.717) is 12.6 Å². The van der Waals surface area contributed by atoms with Gasteiger partial charge in [0.1, 0.15) is 0 Å². The fourth-order valence-corrected chi connectivity index (χ4v) is 1.98. The minimum atomic E-state index is 0.199. The summed E-state index contributed by atoms with van der Waals surface area (Å²) < 4.78 is 0. The van der Waals surface area contributed by atoms with E-state index in [4.69, 9.17) is 0 Å². The molecule has 1 heterocycles. The van der Waals surface area contributed by atoms with Crippen LogP contribution < -0.4 is 0 Å². The van der Waals surface area contributed by atoms with Crippen LogP contribution in [-0.4, -0.2) is 42.9 Å². The molecule has 0 N–H and O–H groups in total. The number of hydrogen-bond acceptors (Lipinski definition) is 2. The smallest absolute Gasteiger partial charge is 0.236 e. The van der Waals surface area contributed by atoms with Gasteiger partial charge in [-0.2, -0.15) is 0 Å². The van der Waals surface area contributed by atoms with E-state index in [0.717, 1.165) is 6.54 Å². The molecule has 2 rings (SSSR count). The molecule has 3 heteroatoms. The highest BCUT2D eigenvalue weighted by Gasteiger charge is 2.28. The second-order valence-corrected chi connectivity index (χ2v) is 4.12. The first-order valence-electron chi connectivity index (χ1n) is 6.17. The van der Waals surface area contributed by atoms with E-state index < -0.39 is 0 Å². The quantitative estimate of drug-likeness (QED) is 0.743. The van der Waals surface area contributed by atoms with E-state index in [1.54, 1.807) is 4.90 Å². The molecule has 0 aliphatic carbocycles. The normalized spacial score (nSPS) is 20.8. The SMILES string of the molecule is CC.CN1CC(c2ccccc2)N(C)CC1=O. The number of amides is 1. The second-order valence-electron chi connectivity index (χ2n) is 4.12. The first-order chi connectivity index (χ1) is 8.18. The zero-order valence-electron chi connectivity index (χ0n) is 11.2. The minimum absolute atomic E-state index is 0.199. The highest BCUT2D eigenvalue weighted by molar-refractivity contribution is 5.78. The van der Waals surface area contributed by atoms with E-state index >= 15 is 0 Å². The Morgan fingerprint density at radius 2 is 1.71 bits per heavy atom. The lowest BCUT2D eigenvalue weighted by Crippen LogP contribution is -2.48. The molecule has 3 nitrogen and oxygen atoms in total. The number of nitrogens with zero attached hydrogens (tertiary/aromatic N) is 2. The second kappa shape index (κ2) is 6.40. The van der Waals surface area contributed by atoms with Crippen molar-refractivity contribution in [1.29, 1.82) is 0 Å². The topological polar surface area (TPSA) is 23.6 Å². The third-order valence-corrected chi connectivity index (χ3v) is 2.97. The summed E-state index contributed by atoms with van der Waals surface area (Å²) in [4.78, 5) is 15.4. The zero-order chi connectivity index (χ0) is 12.8. The monoisotopic (exact) mass is 234 g/mol. The van der Waals surface area contributed by atoms with Crippen molar-refractivity contribution in [3.63, 3.8) is 0 Å². The van der Waals surface area contributed by atoms with Crippen molar-refractivity contribution in [1.82, 2.24) is 9.80 Å². The van der Waals surface area contributed by atoms with Gasteiger partial charge in [-0.3, -0.25) is 9.69 Å². The molecule has 1 aromatic carbocycles. The van der Waals surface area contributed by atoms with Crippen LogP contribution in [0.3, 0.4) is 0 Å². The van der Waals surface area contributed by atoms with Crippen LogP contribution in [0.2, 0.25) is 0 Å². The van der Waals surface area contributed by atoms with Gasteiger partial charge < -0.3 is 4.90 Å². The third-order valence-electron chi connectivity index (χ3n) is 2.97. The van der Waals surface area contributed by atoms with E-state index in [-0.39, 0.29) is 5.91 Å². The zero-order valence-corrected chi connectivity index (χ0v) is 11.2. The Morgan fingerprint density at radius 1 is 1.12 bits per heavy atom. The first kappa shape index (κ1) is 13.7. The molecule has 1 aliphatic heterocycles. The lowest BCUT2D eigenvalue weighted by Gasteiger charge is -2.37. The maximum atomic E-state index is 11.5. The van der Waals surface area contributed by atoms with Crippen molar-refractivity contribution in [2.24, 2.45) is 0 Å². The number of likely N-dealkylation sites (N-methyl/N-ethyl adjacent to an activating group) is 2. The van der Waals surface area contributed by atoms with Crippen molar-refractivity contribution in [2.45, 2.75) is 19.9 Å². The maximum absolute atomic E-state index is 11.5. The van der Waals surface area contributed by atoms with Gasteiger partial charge in [0.2, 0.25) is 5.91 Å². The highest BCUT2D eigenvalue weighted by Crippen LogP contribution is 2.23. The molecule has 0 spiro atoms. The average molecular weight is 234 g/mol. The molecule has 1 unspecified atom stereocenters. The molecule has 0 saturated carbocycles. The number of carbonyl (C=O) groups is 1. The lowest BCUT2D eigenvalue weighted by atomic mass is 10.0. The van der Waals surface area contributed by atoms with Gasteiger partial charge in [0.15, 0.2) is 0 Å². The van der Waals surface area contributed by atoms with E-state index in [9.17, 15) is 4.79 Å². The Bertz CT molecular complexity index is 350. The average Bonchev–Trinajstić information content (AvgIpc) is 2.37. The van der Waals surface area contributed by atoms with Gasteiger partial charge in [-0.1, -0.05) is 44.2 Å². The van der Waals surface area contributed by atoms with Crippen LogP contribution in [0.25, 0.3) is 0 Å². The predicted molar refractivity (Wildman–Crippen MR) is 70.8 cm³/mol. The van der Waals surface area contributed by atoms with Crippen molar-refractivity contribution >= 4 is 5.91 Å². The van der Waals surface area contributed by atoms with Gasteiger partial charge >= 0.3 is 0 Å². The standard InChI is InChI=1S/C12H16N2O.C2H6/c1-13-9-12(15)14(2)8-11(13)10-6-4-3-5-7-10;1-2/h3-7,11H,8-9H2,1-2H3;1-2H3. The van der Waals surface area contributed by atoms with Gasteiger partial charge in [-0.25, -0.2) is 0 Å². The molecule has 1 fully saturated rings. The van der Waals surface area contributed by atoms with Crippen LogP contribution in [0, 0.1) is 0 Å².